The molecule has 26 heavy (non-hydrogen) atoms. The van der Waals surface area contributed by atoms with Crippen LogP contribution in [0.1, 0.15) is 18.9 Å². The molecule has 1 aliphatic heterocycles. The zero-order valence-electron chi connectivity index (χ0n) is 14.4. The maximum Gasteiger partial charge on any atom is 0.240 e. The molecule has 0 spiro atoms. The third kappa shape index (κ3) is 3.22. The number of tetrazole rings is 1. The number of para-hydroxylation sites is 2. The molecule has 2 aromatic carbocycles. The molecule has 0 radical (unpaired) electrons. The van der Waals surface area contributed by atoms with Crippen molar-refractivity contribution in [1.82, 2.24) is 20.2 Å². The number of carbonyl (C=O) groups is 1. The molecule has 0 fully saturated rings. The summed E-state index contributed by atoms with van der Waals surface area (Å²) in [4.78, 5) is 15.0. The Morgan fingerprint density at radius 3 is 2.73 bits per heavy atom. The molecule has 1 aliphatic rings. The van der Waals surface area contributed by atoms with Gasteiger partial charge in [-0.25, -0.2) is 0 Å². The molecule has 0 bridgehead atoms. The van der Waals surface area contributed by atoms with E-state index in [0.29, 0.717) is 5.16 Å². The smallest absolute Gasteiger partial charge is 0.240 e. The predicted octanol–water partition coefficient (Wildman–Crippen LogP) is 3.12. The van der Waals surface area contributed by atoms with Gasteiger partial charge in [0.1, 0.15) is 0 Å². The molecule has 132 valence electrons. The first-order valence-corrected chi connectivity index (χ1v) is 9.52. The fourth-order valence-corrected chi connectivity index (χ4v) is 4.04. The van der Waals surface area contributed by atoms with Gasteiger partial charge in [-0.3, -0.25) is 4.79 Å². The Hall–Kier alpha value is -2.67. The largest absolute Gasteiger partial charge is 0.311 e. The van der Waals surface area contributed by atoms with E-state index in [-0.39, 0.29) is 11.2 Å². The molecule has 1 unspecified atom stereocenters. The molecule has 1 atom stereocenters. The van der Waals surface area contributed by atoms with Crippen molar-refractivity contribution >= 4 is 23.4 Å². The lowest BCUT2D eigenvalue weighted by Gasteiger charge is -2.31. The van der Waals surface area contributed by atoms with Crippen LogP contribution < -0.4 is 4.90 Å². The first-order chi connectivity index (χ1) is 12.7. The van der Waals surface area contributed by atoms with E-state index in [2.05, 4.69) is 21.6 Å². The zero-order valence-corrected chi connectivity index (χ0v) is 15.3. The van der Waals surface area contributed by atoms with E-state index in [4.69, 9.17) is 0 Å². The minimum Gasteiger partial charge on any atom is -0.311 e. The molecule has 7 heteroatoms. The van der Waals surface area contributed by atoms with Gasteiger partial charge in [0.05, 0.1) is 10.9 Å². The fourth-order valence-electron chi connectivity index (χ4n) is 3.17. The number of fused-ring (bicyclic) bond motifs is 1. The fraction of sp³-hybridized carbons (Fsp3) is 0.263. The van der Waals surface area contributed by atoms with Crippen LogP contribution in [0.4, 0.5) is 5.69 Å². The Labute approximate surface area is 156 Å². The van der Waals surface area contributed by atoms with Crippen LogP contribution in [0.15, 0.2) is 59.8 Å². The SMILES string of the molecule is CC(Sc1nnnn1-c1ccccc1)C(=O)N1CCCc2ccccc21. The van der Waals surface area contributed by atoms with E-state index < -0.39 is 0 Å². The Bertz CT molecular complexity index is 911. The first-order valence-electron chi connectivity index (χ1n) is 8.64. The number of hydrogen-bond acceptors (Lipinski definition) is 5. The molecule has 3 aromatic rings. The molecule has 4 rings (SSSR count). The summed E-state index contributed by atoms with van der Waals surface area (Å²) in [5, 5.41) is 12.3. The third-order valence-corrected chi connectivity index (χ3v) is 5.47. The first kappa shape index (κ1) is 16.8. The molecule has 0 saturated heterocycles. The molecule has 0 saturated carbocycles. The molecule has 2 heterocycles. The van der Waals surface area contributed by atoms with Crippen molar-refractivity contribution in [2.24, 2.45) is 0 Å². The number of carbonyl (C=O) groups excluding carboxylic acids is 1. The topological polar surface area (TPSA) is 63.9 Å². The highest BCUT2D eigenvalue weighted by atomic mass is 32.2. The molecule has 0 N–H and O–H groups in total. The van der Waals surface area contributed by atoms with E-state index in [1.165, 1.54) is 17.3 Å². The van der Waals surface area contributed by atoms with Crippen LogP contribution in [0.25, 0.3) is 5.69 Å². The average molecular weight is 365 g/mol. The van der Waals surface area contributed by atoms with Gasteiger partial charge in [0, 0.05) is 12.2 Å². The lowest BCUT2D eigenvalue weighted by atomic mass is 10.0. The van der Waals surface area contributed by atoms with Crippen molar-refractivity contribution in [2.75, 3.05) is 11.4 Å². The Balaban J connectivity index is 1.54. The van der Waals surface area contributed by atoms with Gasteiger partial charge in [0.25, 0.3) is 0 Å². The van der Waals surface area contributed by atoms with E-state index >= 15 is 0 Å². The highest BCUT2D eigenvalue weighted by Gasteiger charge is 2.28. The molecule has 1 amide bonds. The Kier molecular flexibility index (Phi) is 4.71. The highest BCUT2D eigenvalue weighted by Crippen LogP contribution is 2.30. The van der Waals surface area contributed by atoms with Gasteiger partial charge in [-0.1, -0.05) is 48.2 Å². The quantitative estimate of drug-likeness (QED) is 0.665. The molecular weight excluding hydrogens is 346 g/mol. The summed E-state index contributed by atoms with van der Waals surface area (Å²) in [6.07, 6.45) is 2.01. The van der Waals surface area contributed by atoms with E-state index in [1.54, 1.807) is 4.68 Å². The summed E-state index contributed by atoms with van der Waals surface area (Å²) >= 11 is 1.38. The lowest BCUT2D eigenvalue weighted by Crippen LogP contribution is -2.40. The highest BCUT2D eigenvalue weighted by molar-refractivity contribution is 8.00. The Morgan fingerprint density at radius 2 is 1.88 bits per heavy atom. The third-order valence-electron chi connectivity index (χ3n) is 4.45. The van der Waals surface area contributed by atoms with Crippen LogP contribution in [-0.2, 0) is 11.2 Å². The van der Waals surface area contributed by atoms with Crippen molar-refractivity contribution in [3.8, 4) is 5.69 Å². The van der Waals surface area contributed by atoms with Gasteiger partial charge < -0.3 is 4.90 Å². The standard InChI is InChI=1S/C19H19N5OS/c1-14(18(25)23-13-7-9-15-8-5-6-12-17(15)23)26-19-20-21-22-24(19)16-10-3-2-4-11-16/h2-6,8,10-12,14H,7,9,13H2,1H3. The van der Waals surface area contributed by atoms with Gasteiger partial charge in [0.15, 0.2) is 0 Å². The summed E-state index contributed by atoms with van der Waals surface area (Å²) in [7, 11) is 0. The molecule has 1 aromatic heterocycles. The molecule has 6 nitrogen and oxygen atoms in total. The van der Waals surface area contributed by atoms with Crippen LogP contribution in [0, 0.1) is 0 Å². The number of aromatic nitrogens is 4. The van der Waals surface area contributed by atoms with Crippen molar-refractivity contribution in [1.29, 1.82) is 0 Å². The second-order valence-electron chi connectivity index (χ2n) is 6.19. The number of rotatable bonds is 4. The van der Waals surface area contributed by atoms with Crippen LogP contribution >= 0.6 is 11.8 Å². The predicted molar refractivity (Wildman–Crippen MR) is 102 cm³/mol. The minimum absolute atomic E-state index is 0.0877. The Morgan fingerprint density at radius 1 is 1.12 bits per heavy atom. The summed E-state index contributed by atoms with van der Waals surface area (Å²) in [5.41, 5.74) is 3.14. The van der Waals surface area contributed by atoms with Gasteiger partial charge >= 0.3 is 0 Å². The molecular formula is C19H19N5OS. The van der Waals surface area contributed by atoms with Gasteiger partial charge in [-0.05, 0) is 54.0 Å². The summed E-state index contributed by atoms with van der Waals surface area (Å²) in [6.45, 7) is 2.67. The number of aryl methyl sites for hydroxylation is 1. The van der Waals surface area contributed by atoms with Gasteiger partial charge in [0.2, 0.25) is 11.1 Å². The maximum absolute atomic E-state index is 13.1. The number of thioether (sulfide) groups is 1. The maximum atomic E-state index is 13.1. The van der Waals surface area contributed by atoms with Crippen LogP contribution in [-0.4, -0.2) is 37.9 Å². The van der Waals surface area contributed by atoms with Crippen molar-refractivity contribution in [3.05, 3.63) is 60.2 Å². The van der Waals surface area contributed by atoms with E-state index in [1.807, 2.05) is 60.4 Å². The van der Waals surface area contributed by atoms with Crippen molar-refractivity contribution < 1.29 is 4.79 Å². The number of anilines is 1. The monoisotopic (exact) mass is 365 g/mol. The minimum atomic E-state index is -0.283. The van der Waals surface area contributed by atoms with Crippen molar-refractivity contribution in [2.45, 2.75) is 30.2 Å². The van der Waals surface area contributed by atoms with Crippen LogP contribution in [0.2, 0.25) is 0 Å². The van der Waals surface area contributed by atoms with Gasteiger partial charge in [-0.15, -0.1) is 5.10 Å². The van der Waals surface area contributed by atoms with Crippen LogP contribution in [0.3, 0.4) is 0 Å². The number of amides is 1. The van der Waals surface area contributed by atoms with E-state index in [0.717, 1.165) is 30.8 Å². The number of benzene rings is 2. The second kappa shape index (κ2) is 7.29. The lowest BCUT2D eigenvalue weighted by molar-refractivity contribution is -0.117. The van der Waals surface area contributed by atoms with E-state index in [9.17, 15) is 4.79 Å². The second-order valence-corrected chi connectivity index (χ2v) is 7.50. The van der Waals surface area contributed by atoms with Crippen LogP contribution in [0.5, 0.6) is 0 Å². The zero-order chi connectivity index (χ0) is 17.9. The average Bonchev–Trinajstić information content (AvgIpc) is 3.15. The summed E-state index contributed by atoms with van der Waals surface area (Å²) in [5.74, 6) is 0.0877. The summed E-state index contributed by atoms with van der Waals surface area (Å²) in [6, 6.07) is 17.8. The summed E-state index contributed by atoms with van der Waals surface area (Å²) < 4.78 is 1.67. The number of nitrogens with zero attached hydrogens (tertiary/aromatic N) is 5. The normalized spacial score (nSPS) is 14.7. The number of hydrogen-bond donors (Lipinski definition) is 0. The van der Waals surface area contributed by atoms with Gasteiger partial charge in [-0.2, -0.15) is 4.68 Å². The molecule has 0 aliphatic carbocycles. The van der Waals surface area contributed by atoms with Crippen molar-refractivity contribution in [3.63, 3.8) is 0 Å².